The van der Waals surface area contributed by atoms with E-state index in [1.807, 2.05) is 36.1 Å². The largest absolute Gasteiger partial charge is 0.325 e. The van der Waals surface area contributed by atoms with Crippen LogP contribution >= 0.6 is 0 Å². The minimum Gasteiger partial charge on any atom is -0.325 e. The van der Waals surface area contributed by atoms with E-state index in [0.29, 0.717) is 0 Å². The maximum atomic E-state index is 12.0. The first-order chi connectivity index (χ1) is 8.15. The Bertz CT molecular complexity index is 378. The third kappa shape index (κ3) is 3.22. The first-order valence-corrected chi connectivity index (χ1v) is 6.28. The smallest absolute Gasteiger partial charge is 0.321 e. The summed E-state index contributed by atoms with van der Waals surface area (Å²) in [5.41, 5.74) is 2.08. The fourth-order valence-corrected chi connectivity index (χ4v) is 2.05. The van der Waals surface area contributed by atoms with Crippen LogP contribution in [0.15, 0.2) is 24.3 Å². The van der Waals surface area contributed by atoms with E-state index in [9.17, 15) is 4.79 Å². The van der Waals surface area contributed by atoms with Gasteiger partial charge in [-0.05, 0) is 37.8 Å². The lowest BCUT2D eigenvalue weighted by Gasteiger charge is -2.30. The average molecular weight is 232 g/mol. The third-order valence-corrected chi connectivity index (χ3v) is 3.37. The highest BCUT2D eigenvalue weighted by Crippen LogP contribution is 2.17. The molecule has 1 fully saturated rings. The molecule has 2 amide bonds. The highest BCUT2D eigenvalue weighted by atomic mass is 16.2. The topological polar surface area (TPSA) is 32.3 Å². The van der Waals surface area contributed by atoms with E-state index in [4.69, 9.17) is 0 Å². The standard InChI is InChI=1S/C14H20N2O/c1-11-3-5-13(6-4-11)15-14(17)16-9-7-12(2)8-10-16/h3-6,12H,7-10H2,1-2H3,(H,15,17). The van der Waals surface area contributed by atoms with Crippen molar-refractivity contribution in [3.05, 3.63) is 29.8 Å². The lowest BCUT2D eigenvalue weighted by molar-refractivity contribution is 0.186. The Balaban J connectivity index is 1.90. The van der Waals surface area contributed by atoms with Gasteiger partial charge in [0.05, 0.1) is 0 Å². The van der Waals surface area contributed by atoms with Crippen molar-refractivity contribution < 1.29 is 4.79 Å². The molecule has 1 aliphatic rings. The summed E-state index contributed by atoms with van der Waals surface area (Å²) < 4.78 is 0. The van der Waals surface area contributed by atoms with Crippen molar-refractivity contribution in [1.29, 1.82) is 0 Å². The van der Waals surface area contributed by atoms with Gasteiger partial charge in [0.2, 0.25) is 0 Å². The van der Waals surface area contributed by atoms with Crippen LogP contribution in [-0.2, 0) is 0 Å². The zero-order valence-electron chi connectivity index (χ0n) is 10.6. The van der Waals surface area contributed by atoms with E-state index in [1.54, 1.807) is 0 Å². The Morgan fingerprint density at radius 1 is 1.24 bits per heavy atom. The number of anilines is 1. The maximum absolute atomic E-state index is 12.0. The summed E-state index contributed by atoms with van der Waals surface area (Å²) in [6.07, 6.45) is 2.22. The normalized spacial score (nSPS) is 16.9. The monoisotopic (exact) mass is 232 g/mol. The van der Waals surface area contributed by atoms with Crippen molar-refractivity contribution in [1.82, 2.24) is 4.90 Å². The van der Waals surface area contributed by atoms with Gasteiger partial charge in [0.1, 0.15) is 0 Å². The summed E-state index contributed by atoms with van der Waals surface area (Å²) >= 11 is 0. The van der Waals surface area contributed by atoms with Crippen LogP contribution in [-0.4, -0.2) is 24.0 Å². The fourth-order valence-electron chi connectivity index (χ4n) is 2.05. The number of carbonyl (C=O) groups is 1. The quantitative estimate of drug-likeness (QED) is 0.792. The molecule has 0 radical (unpaired) electrons. The summed E-state index contributed by atoms with van der Waals surface area (Å²) in [4.78, 5) is 13.9. The number of likely N-dealkylation sites (tertiary alicyclic amines) is 1. The van der Waals surface area contributed by atoms with Gasteiger partial charge in [-0.3, -0.25) is 0 Å². The molecule has 2 rings (SSSR count). The molecule has 1 saturated heterocycles. The van der Waals surface area contributed by atoms with E-state index in [2.05, 4.69) is 12.2 Å². The first kappa shape index (κ1) is 12.0. The van der Waals surface area contributed by atoms with E-state index in [0.717, 1.165) is 37.5 Å². The molecule has 1 N–H and O–H groups in total. The van der Waals surface area contributed by atoms with Gasteiger partial charge in [0, 0.05) is 18.8 Å². The molecule has 1 aliphatic heterocycles. The lowest BCUT2D eigenvalue weighted by atomic mass is 10.00. The number of nitrogens with one attached hydrogen (secondary N) is 1. The molecule has 0 unspecified atom stereocenters. The molecule has 0 atom stereocenters. The van der Waals surface area contributed by atoms with Crippen molar-refractivity contribution in [2.45, 2.75) is 26.7 Å². The van der Waals surface area contributed by atoms with Crippen LogP contribution in [0.5, 0.6) is 0 Å². The molecule has 92 valence electrons. The predicted octanol–water partition coefficient (Wildman–Crippen LogP) is 3.26. The van der Waals surface area contributed by atoms with Crippen molar-refractivity contribution in [2.75, 3.05) is 18.4 Å². The van der Waals surface area contributed by atoms with Gasteiger partial charge in [-0.2, -0.15) is 0 Å². The Morgan fingerprint density at radius 2 is 1.82 bits per heavy atom. The number of piperidine rings is 1. The minimum atomic E-state index is 0.0285. The van der Waals surface area contributed by atoms with E-state index >= 15 is 0 Å². The lowest BCUT2D eigenvalue weighted by Crippen LogP contribution is -2.40. The van der Waals surface area contributed by atoms with Gasteiger partial charge in [-0.25, -0.2) is 4.79 Å². The van der Waals surface area contributed by atoms with Crippen LogP contribution in [0.4, 0.5) is 10.5 Å². The molecular weight excluding hydrogens is 212 g/mol. The maximum Gasteiger partial charge on any atom is 0.321 e. The second-order valence-electron chi connectivity index (χ2n) is 4.97. The Kier molecular flexibility index (Phi) is 3.67. The van der Waals surface area contributed by atoms with Crippen molar-refractivity contribution in [3.63, 3.8) is 0 Å². The number of hydrogen-bond acceptors (Lipinski definition) is 1. The highest BCUT2D eigenvalue weighted by Gasteiger charge is 2.19. The average Bonchev–Trinajstić information content (AvgIpc) is 2.33. The molecule has 3 heteroatoms. The zero-order chi connectivity index (χ0) is 12.3. The van der Waals surface area contributed by atoms with Crippen molar-refractivity contribution in [3.8, 4) is 0 Å². The number of aryl methyl sites for hydroxylation is 1. The van der Waals surface area contributed by atoms with Crippen LogP contribution in [0.2, 0.25) is 0 Å². The first-order valence-electron chi connectivity index (χ1n) is 6.28. The fraction of sp³-hybridized carbons (Fsp3) is 0.500. The molecule has 17 heavy (non-hydrogen) atoms. The SMILES string of the molecule is Cc1ccc(NC(=O)N2CCC(C)CC2)cc1. The molecule has 1 aromatic carbocycles. The number of benzene rings is 1. The number of amides is 2. The van der Waals surface area contributed by atoms with Crippen molar-refractivity contribution in [2.24, 2.45) is 5.92 Å². The highest BCUT2D eigenvalue weighted by molar-refractivity contribution is 5.89. The molecule has 0 aliphatic carbocycles. The molecule has 0 spiro atoms. The number of urea groups is 1. The molecule has 3 nitrogen and oxygen atoms in total. The number of rotatable bonds is 1. The van der Waals surface area contributed by atoms with E-state index in [1.165, 1.54) is 5.56 Å². The number of hydrogen-bond donors (Lipinski definition) is 1. The summed E-state index contributed by atoms with van der Waals surface area (Å²) in [6, 6.07) is 7.93. The Morgan fingerprint density at radius 3 is 2.41 bits per heavy atom. The number of nitrogens with zero attached hydrogens (tertiary/aromatic N) is 1. The summed E-state index contributed by atoms with van der Waals surface area (Å²) in [5.74, 6) is 0.749. The van der Waals surface area contributed by atoms with Crippen LogP contribution in [0.3, 0.4) is 0 Å². The van der Waals surface area contributed by atoms with Crippen LogP contribution in [0, 0.1) is 12.8 Å². The van der Waals surface area contributed by atoms with Crippen LogP contribution < -0.4 is 5.32 Å². The van der Waals surface area contributed by atoms with Crippen molar-refractivity contribution >= 4 is 11.7 Å². The van der Waals surface area contributed by atoms with Crippen LogP contribution in [0.25, 0.3) is 0 Å². The molecule has 0 saturated carbocycles. The van der Waals surface area contributed by atoms with Gasteiger partial charge in [-0.1, -0.05) is 24.6 Å². The Labute approximate surface area is 103 Å². The number of carbonyl (C=O) groups excluding carboxylic acids is 1. The molecule has 0 bridgehead atoms. The molecule has 0 aromatic heterocycles. The molecule has 1 aromatic rings. The van der Waals surface area contributed by atoms with E-state index < -0.39 is 0 Å². The van der Waals surface area contributed by atoms with Gasteiger partial charge in [0.25, 0.3) is 0 Å². The summed E-state index contributed by atoms with van der Waals surface area (Å²) in [6.45, 7) is 6.03. The Hall–Kier alpha value is -1.51. The van der Waals surface area contributed by atoms with Gasteiger partial charge in [-0.15, -0.1) is 0 Å². The van der Waals surface area contributed by atoms with Crippen LogP contribution in [0.1, 0.15) is 25.3 Å². The minimum absolute atomic E-state index is 0.0285. The van der Waals surface area contributed by atoms with Gasteiger partial charge >= 0.3 is 6.03 Å². The zero-order valence-corrected chi connectivity index (χ0v) is 10.6. The molecular formula is C14H20N2O. The van der Waals surface area contributed by atoms with Gasteiger partial charge < -0.3 is 10.2 Å². The second kappa shape index (κ2) is 5.21. The third-order valence-electron chi connectivity index (χ3n) is 3.37. The summed E-state index contributed by atoms with van der Waals surface area (Å²) in [7, 11) is 0. The van der Waals surface area contributed by atoms with Gasteiger partial charge in [0.15, 0.2) is 0 Å². The predicted molar refractivity (Wildman–Crippen MR) is 70.2 cm³/mol. The summed E-state index contributed by atoms with van der Waals surface area (Å²) in [5, 5.41) is 2.94. The van der Waals surface area contributed by atoms with E-state index in [-0.39, 0.29) is 6.03 Å². The second-order valence-corrected chi connectivity index (χ2v) is 4.97. The molecule has 1 heterocycles.